The van der Waals surface area contributed by atoms with Gasteiger partial charge >= 0.3 is 5.97 Å². The number of carbonyl (C=O) groups excluding carboxylic acids is 3. The van der Waals surface area contributed by atoms with Crippen LogP contribution in [0.25, 0.3) is 11.1 Å². The fourth-order valence-electron chi connectivity index (χ4n) is 3.72. The van der Waals surface area contributed by atoms with Crippen molar-refractivity contribution < 1.29 is 23.9 Å². The van der Waals surface area contributed by atoms with Gasteiger partial charge in [0.2, 0.25) is 5.91 Å². The first-order chi connectivity index (χ1) is 15.5. The molecule has 0 unspecified atom stereocenters. The number of aromatic nitrogens is 2. The summed E-state index contributed by atoms with van der Waals surface area (Å²) >= 11 is 0. The summed E-state index contributed by atoms with van der Waals surface area (Å²) in [6.07, 6.45) is -0.156. The van der Waals surface area contributed by atoms with Gasteiger partial charge in [0, 0.05) is 12.7 Å². The van der Waals surface area contributed by atoms with Crippen molar-refractivity contribution in [2.45, 2.75) is 19.1 Å². The largest absolute Gasteiger partial charge is 0.465 e. The molecule has 164 valence electrons. The molecule has 2 amide bonds. The van der Waals surface area contributed by atoms with E-state index in [1.165, 1.54) is 11.8 Å². The number of amides is 2. The summed E-state index contributed by atoms with van der Waals surface area (Å²) in [4.78, 5) is 37.4. The molecule has 0 aliphatic carbocycles. The third-order valence-electron chi connectivity index (χ3n) is 5.15. The monoisotopic (exact) mass is 434 g/mol. The smallest absolute Gasteiger partial charge is 0.339 e. The standard InChI is InChI=1S/C23H22N4O5/c1-31-13-17-20(14-8-4-3-5-9-14)21-25-22(29)18(27(21)26-17)12-19(28)24-16-11-7-6-10-15(16)23(30)32-2/h3-11,18H,12-13H2,1-2H3,(H,24,28)(H,25,29)/t18-/m1/s1. The summed E-state index contributed by atoms with van der Waals surface area (Å²) in [5, 5.41) is 10.1. The van der Waals surface area contributed by atoms with Gasteiger partial charge in [-0.15, -0.1) is 0 Å². The topological polar surface area (TPSA) is 112 Å². The van der Waals surface area contributed by atoms with E-state index in [-0.39, 0.29) is 24.5 Å². The third kappa shape index (κ3) is 3.97. The predicted molar refractivity (Wildman–Crippen MR) is 117 cm³/mol. The number of anilines is 2. The van der Waals surface area contributed by atoms with E-state index < -0.39 is 17.9 Å². The zero-order valence-corrected chi connectivity index (χ0v) is 17.6. The molecule has 1 aliphatic heterocycles. The Morgan fingerprint density at radius 3 is 2.53 bits per heavy atom. The summed E-state index contributed by atoms with van der Waals surface area (Å²) in [5.74, 6) is -0.795. The van der Waals surface area contributed by atoms with Crippen LogP contribution in [0.5, 0.6) is 0 Å². The first-order valence-electron chi connectivity index (χ1n) is 9.97. The van der Waals surface area contributed by atoms with Crippen molar-refractivity contribution in [1.82, 2.24) is 9.78 Å². The van der Waals surface area contributed by atoms with E-state index in [0.29, 0.717) is 17.2 Å². The van der Waals surface area contributed by atoms with Gasteiger partial charge in [0.25, 0.3) is 5.91 Å². The molecule has 0 spiro atoms. The van der Waals surface area contributed by atoms with Crippen molar-refractivity contribution in [3.8, 4) is 11.1 Å². The molecule has 2 N–H and O–H groups in total. The molecule has 4 rings (SSSR count). The highest BCUT2D eigenvalue weighted by Crippen LogP contribution is 2.38. The molecule has 9 heteroatoms. The van der Waals surface area contributed by atoms with Crippen molar-refractivity contribution in [2.75, 3.05) is 24.9 Å². The normalized spacial score (nSPS) is 14.6. The number of ether oxygens (including phenoxy) is 2. The summed E-state index contributed by atoms with van der Waals surface area (Å²) in [7, 11) is 2.84. The van der Waals surface area contributed by atoms with Crippen LogP contribution in [0.2, 0.25) is 0 Å². The summed E-state index contributed by atoms with van der Waals surface area (Å²) in [6.45, 7) is 0.255. The molecule has 0 fully saturated rings. The van der Waals surface area contributed by atoms with Crippen LogP contribution in [0, 0.1) is 0 Å². The second-order valence-corrected chi connectivity index (χ2v) is 7.21. The Morgan fingerprint density at radius 1 is 1.09 bits per heavy atom. The van der Waals surface area contributed by atoms with E-state index in [9.17, 15) is 14.4 Å². The lowest BCUT2D eigenvalue weighted by Crippen LogP contribution is -2.24. The van der Waals surface area contributed by atoms with Gasteiger partial charge in [0.1, 0.15) is 11.9 Å². The molecule has 3 aromatic rings. The Morgan fingerprint density at radius 2 is 1.81 bits per heavy atom. The average molecular weight is 434 g/mol. The molecule has 0 radical (unpaired) electrons. The van der Waals surface area contributed by atoms with Crippen LogP contribution < -0.4 is 10.6 Å². The van der Waals surface area contributed by atoms with E-state index in [0.717, 1.165) is 11.1 Å². The minimum atomic E-state index is -0.830. The maximum Gasteiger partial charge on any atom is 0.339 e. The van der Waals surface area contributed by atoms with Gasteiger partial charge < -0.3 is 20.1 Å². The van der Waals surface area contributed by atoms with Crippen LogP contribution in [-0.4, -0.2) is 41.8 Å². The zero-order valence-electron chi connectivity index (χ0n) is 17.6. The zero-order chi connectivity index (χ0) is 22.7. The number of fused-ring (bicyclic) bond motifs is 1. The van der Waals surface area contributed by atoms with E-state index in [1.807, 2.05) is 30.3 Å². The Labute approximate surface area is 184 Å². The summed E-state index contributed by atoms with van der Waals surface area (Å²) < 4.78 is 11.6. The number of carbonyl (C=O) groups is 3. The number of hydrogen-bond acceptors (Lipinski definition) is 6. The number of methoxy groups -OCH3 is 2. The first-order valence-corrected chi connectivity index (χ1v) is 9.97. The maximum atomic E-state index is 12.8. The summed E-state index contributed by atoms with van der Waals surface area (Å²) in [6, 6.07) is 15.2. The minimum absolute atomic E-state index is 0.156. The predicted octanol–water partition coefficient (Wildman–Crippen LogP) is 3.01. The Balaban J connectivity index is 1.61. The van der Waals surface area contributed by atoms with Gasteiger partial charge in [-0.05, 0) is 17.7 Å². The molecule has 2 heterocycles. The molecule has 9 nitrogen and oxygen atoms in total. The fraction of sp³-hybridized carbons (Fsp3) is 0.217. The van der Waals surface area contributed by atoms with Crippen molar-refractivity contribution in [2.24, 2.45) is 0 Å². The molecule has 1 aliphatic rings. The Kier molecular flexibility index (Phi) is 6.00. The van der Waals surface area contributed by atoms with Gasteiger partial charge in [0.15, 0.2) is 0 Å². The van der Waals surface area contributed by atoms with Crippen LogP contribution in [0.3, 0.4) is 0 Å². The second kappa shape index (κ2) is 9.03. The van der Waals surface area contributed by atoms with Gasteiger partial charge in [-0.2, -0.15) is 5.10 Å². The van der Waals surface area contributed by atoms with Crippen LogP contribution in [0.15, 0.2) is 54.6 Å². The van der Waals surface area contributed by atoms with E-state index >= 15 is 0 Å². The number of para-hydroxylation sites is 1. The number of benzene rings is 2. The quantitative estimate of drug-likeness (QED) is 0.553. The number of rotatable bonds is 7. The molecule has 1 aromatic heterocycles. The number of esters is 1. The second-order valence-electron chi connectivity index (χ2n) is 7.21. The SMILES string of the molecule is COCc1nn2c(c1-c1ccccc1)NC(=O)[C@H]2CC(=O)Nc1ccccc1C(=O)OC. The molecule has 0 bridgehead atoms. The van der Waals surface area contributed by atoms with Gasteiger partial charge in [-0.25, -0.2) is 9.48 Å². The molecule has 2 aromatic carbocycles. The molecule has 32 heavy (non-hydrogen) atoms. The van der Waals surface area contributed by atoms with Crippen LogP contribution >= 0.6 is 0 Å². The summed E-state index contributed by atoms with van der Waals surface area (Å²) in [5.41, 5.74) is 2.86. The van der Waals surface area contributed by atoms with Gasteiger partial charge in [-0.1, -0.05) is 42.5 Å². The fourth-order valence-corrected chi connectivity index (χ4v) is 3.72. The van der Waals surface area contributed by atoms with Crippen molar-refractivity contribution in [3.05, 3.63) is 65.9 Å². The number of hydrogen-bond donors (Lipinski definition) is 2. The molecular weight excluding hydrogens is 412 g/mol. The Bertz CT molecular complexity index is 1170. The molecule has 0 saturated heterocycles. The van der Waals surface area contributed by atoms with Crippen LogP contribution in [0.1, 0.15) is 28.5 Å². The maximum absolute atomic E-state index is 12.8. The average Bonchev–Trinajstić information content (AvgIpc) is 3.29. The molecular formula is C23H22N4O5. The van der Waals surface area contributed by atoms with Gasteiger partial charge in [0.05, 0.1) is 37.1 Å². The highest BCUT2D eigenvalue weighted by atomic mass is 16.5. The Hall–Kier alpha value is -3.98. The lowest BCUT2D eigenvalue weighted by molar-refractivity contribution is -0.123. The minimum Gasteiger partial charge on any atom is -0.465 e. The van der Waals surface area contributed by atoms with Gasteiger partial charge in [-0.3, -0.25) is 9.59 Å². The molecule has 0 saturated carbocycles. The van der Waals surface area contributed by atoms with Crippen molar-refractivity contribution >= 4 is 29.3 Å². The van der Waals surface area contributed by atoms with Crippen molar-refractivity contribution in [3.63, 3.8) is 0 Å². The lowest BCUT2D eigenvalue weighted by atomic mass is 10.1. The van der Waals surface area contributed by atoms with Crippen LogP contribution in [0.4, 0.5) is 11.5 Å². The first kappa shape index (κ1) is 21.3. The molecule has 1 atom stereocenters. The van der Waals surface area contributed by atoms with Crippen molar-refractivity contribution in [1.29, 1.82) is 0 Å². The number of nitrogens with zero attached hydrogens (tertiary/aromatic N) is 2. The third-order valence-corrected chi connectivity index (χ3v) is 5.15. The van der Waals surface area contributed by atoms with E-state index in [2.05, 4.69) is 15.7 Å². The van der Waals surface area contributed by atoms with E-state index in [4.69, 9.17) is 9.47 Å². The van der Waals surface area contributed by atoms with Crippen LogP contribution in [-0.2, 0) is 25.7 Å². The highest BCUT2D eigenvalue weighted by Gasteiger charge is 2.37. The van der Waals surface area contributed by atoms with E-state index in [1.54, 1.807) is 31.4 Å². The number of nitrogens with one attached hydrogen (secondary N) is 2. The lowest BCUT2D eigenvalue weighted by Gasteiger charge is -2.12. The highest BCUT2D eigenvalue weighted by molar-refractivity contribution is 6.06.